The second-order valence-corrected chi connectivity index (χ2v) is 4.24. The molecule has 0 fully saturated rings. The molecule has 0 aliphatic heterocycles. The predicted octanol–water partition coefficient (Wildman–Crippen LogP) is -0.941. The number of nitro groups is 1. The third-order valence-corrected chi connectivity index (χ3v) is 2.64. The second-order valence-electron chi connectivity index (χ2n) is 4.24. The summed E-state index contributed by atoms with van der Waals surface area (Å²) in [5, 5.41) is 19.8. The van der Waals surface area contributed by atoms with E-state index in [-0.39, 0.29) is 16.9 Å². The molecule has 1 aromatic heterocycles. The molecule has 1 heterocycles. The fraction of sp³-hybridized carbons (Fsp3) is 0.0833. The Labute approximate surface area is 127 Å². The average molecular weight is 318 g/mol. The lowest BCUT2D eigenvalue weighted by molar-refractivity contribution is -0.385. The van der Waals surface area contributed by atoms with E-state index in [4.69, 9.17) is 0 Å². The summed E-state index contributed by atoms with van der Waals surface area (Å²) in [4.78, 5) is 45.9. The highest BCUT2D eigenvalue weighted by molar-refractivity contribution is 5.86. The zero-order valence-electron chi connectivity index (χ0n) is 11.5. The number of carbonyl (C=O) groups is 1. The molecule has 0 spiro atoms. The average Bonchev–Trinajstić information content (AvgIpc) is 2.50. The molecule has 1 amide bonds. The van der Waals surface area contributed by atoms with Crippen molar-refractivity contribution < 1.29 is 9.72 Å². The van der Waals surface area contributed by atoms with Crippen LogP contribution in [0.3, 0.4) is 0 Å². The first-order valence-corrected chi connectivity index (χ1v) is 6.20. The van der Waals surface area contributed by atoms with E-state index in [1.807, 2.05) is 10.1 Å². The summed E-state index contributed by atoms with van der Waals surface area (Å²) in [5.41, 5.74) is 0.393. The zero-order chi connectivity index (χ0) is 16.8. The summed E-state index contributed by atoms with van der Waals surface area (Å²) in [6.45, 7) is 0. The number of hydrogen-bond donors (Lipinski definition) is 3. The Morgan fingerprint density at radius 2 is 2.13 bits per heavy atom. The Morgan fingerprint density at radius 1 is 1.39 bits per heavy atom. The van der Waals surface area contributed by atoms with E-state index in [1.54, 1.807) is 6.07 Å². The van der Waals surface area contributed by atoms with Crippen LogP contribution in [0.4, 0.5) is 5.69 Å². The number of nitro benzene ring substituents is 1. The molecule has 0 saturated heterocycles. The summed E-state index contributed by atoms with van der Waals surface area (Å²) < 4.78 is 0. The topological polar surface area (TPSA) is 163 Å². The van der Waals surface area contributed by atoms with Crippen molar-refractivity contribution in [3.05, 3.63) is 66.5 Å². The second kappa shape index (κ2) is 6.89. The molecule has 3 N–H and O–H groups in total. The van der Waals surface area contributed by atoms with Crippen LogP contribution in [-0.4, -0.2) is 32.2 Å². The summed E-state index contributed by atoms with van der Waals surface area (Å²) in [7, 11) is 0. The molecule has 0 aliphatic rings. The number of aromatic amines is 2. The molecule has 2 rings (SSSR count). The molecule has 23 heavy (non-hydrogen) atoms. The van der Waals surface area contributed by atoms with E-state index in [2.05, 4.69) is 15.6 Å². The van der Waals surface area contributed by atoms with E-state index in [0.29, 0.717) is 0 Å². The van der Waals surface area contributed by atoms with Gasteiger partial charge >= 0.3 is 5.69 Å². The maximum atomic E-state index is 11.6. The Balaban J connectivity index is 2.03. The van der Waals surface area contributed by atoms with Crippen molar-refractivity contribution in [2.75, 3.05) is 0 Å². The number of nitrogens with zero attached hydrogens (tertiary/aromatic N) is 3. The number of hydrogen-bond acceptors (Lipinski definition) is 7. The molecule has 1 aromatic carbocycles. The lowest BCUT2D eigenvalue weighted by Crippen LogP contribution is -2.31. The number of benzene rings is 1. The summed E-state index contributed by atoms with van der Waals surface area (Å²) in [6, 6.07) is 5.84. The first-order chi connectivity index (χ1) is 11.0. The Hall–Kier alpha value is -3.63. The maximum Gasteiger partial charge on any atom is 0.342 e. The van der Waals surface area contributed by atoms with Crippen LogP contribution < -0.4 is 16.7 Å². The number of amides is 1. The van der Waals surface area contributed by atoms with E-state index >= 15 is 0 Å². The van der Waals surface area contributed by atoms with E-state index < -0.39 is 28.5 Å². The Kier molecular flexibility index (Phi) is 4.72. The quantitative estimate of drug-likeness (QED) is 0.366. The van der Waals surface area contributed by atoms with Gasteiger partial charge in [-0.15, -0.1) is 0 Å². The van der Waals surface area contributed by atoms with Crippen molar-refractivity contribution in [1.29, 1.82) is 0 Å². The molecular weight excluding hydrogens is 308 g/mol. The standard InChI is InChI=1S/C12H10N6O5/c19-10(5-8-11(20)14-12(21)17-15-8)16-13-6-7-3-1-2-4-9(7)18(22)23/h1-4,6H,5H2,(H,16,19)(H2,14,17,20,21)/b13-6+. The van der Waals surface area contributed by atoms with Crippen LogP contribution >= 0.6 is 0 Å². The van der Waals surface area contributed by atoms with Crippen molar-refractivity contribution in [2.45, 2.75) is 6.42 Å². The van der Waals surface area contributed by atoms with Gasteiger partial charge in [-0.05, 0) is 6.07 Å². The molecule has 11 nitrogen and oxygen atoms in total. The first-order valence-electron chi connectivity index (χ1n) is 6.20. The Bertz CT molecular complexity index is 884. The predicted molar refractivity (Wildman–Crippen MR) is 78.0 cm³/mol. The molecule has 11 heteroatoms. The first kappa shape index (κ1) is 15.8. The largest absolute Gasteiger partial charge is 0.342 e. The number of H-pyrrole nitrogens is 2. The molecule has 0 saturated carbocycles. The van der Waals surface area contributed by atoms with Crippen molar-refractivity contribution >= 4 is 17.8 Å². The van der Waals surface area contributed by atoms with Gasteiger partial charge in [0.05, 0.1) is 23.1 Å². The van der Waals surface area contributed by atoms with Gasteiger partial charge in [0.25, 0.3) is 11.2 Å². The van der Waals surface area contributed by atoms with Crippen LogP contribution in [0, 0.1) is 10.1 Å². The summed E-state index contributed by atoms with van der Waals surface area (Å²) in [5.74, 6) is -0.676. The van der Waals surface area contributed by atoms with E-state index in [9.17, 15) is 24.5 Å². The number of nitrogens with one attached hydrogen (secondary N) is 3. The van der Waals surface area contributed by atoms with Crippen LogP contribution in [0.5, 0.6) is 0 Å². The zero-order valence-corrected chi connectivity index (χ0v) is 11.5. The summed E-state index contributed by atoms with van der Waals surface area (Å²) in [6.07, 6.45) is 0.695. The van der Waals surface area contributed by atoms with E-state index in [0.717, 1.165) is 6.21 Å². The van der Waals surface area contributed by atoms with Crippen LogP contribution in [-0.2, 0) is 11.2 Å². The number of carbonyl (C=O) groups excluding carboxylic acids is 1. The van der Waals surface area contributed by atoms with Gasteiger partial charge in [0.2, 0.25) is 5.91 Å². The normalized spacial score (nSPS) is 10.6. The van der Waals surface area contributed by atoms with E-state index in [1.165, 1.54) is 18.2 Å². The van der Waals surface area contributed by atoms with Crippen LogP contribution in [0.15, 0.2) is 39.0 Å². The number of para-hydroxylation sites is 1. The highest BCUT2D eigenvalue weighted by Gasteiger charge is 2.11. The lowest BCUT2D eigenvalue weighted by atomic mass is 10.2. The fourth-order valence-electron chi connectivity index (χ4n) is 1.62. The van der Waals surface area contributed by atoms with Gasteiger partial charge in [0.15, 0.2) is 0 Å². The molecule has 0 atom stereocenters. The lowest BCUT2D eigenvalue weighted by Gasteiger charge is -1.99. The molecule has 118 valence electrons. The summed E-state index contributed by atoms with van der Waals surface area (Å²) >= 11 is 0. The molecule has 0 unspecified atom stereocenters. The van der Waals surface area contributed by atoms with Crippen molar-refractivity contribution in [3.63, 3.8) is 0 Å². The highest BCUT2D eigenvalue weighted by atomic mass is 16.6. The van der Waals surface area contributed by atoms with Crippen LogP contribution in [0.2, 0.25) is 0 Å². The highest BCUT2D eigenvalue weighted by Crippen LogP contribution is 2.14. The van der Waals surface area contributed by atoms with Crippen LogP contribution in [0.1, 0.15) is 11.3 Å². The van der Waals surface area contributed by atoms with Crippen molar-refractivity contribution in [2.24, 2.45) is 5.10 Å². The van der Waals surface area contributed by atoms with Crippen LogP contribution in [0.25, 0.3) is 0 Å². The minimum Gasteiger partial charge on any atom is -0.273 e. The SMILES string of the molecule is O=C(Cc1n[nH]c(=O)[nH]c1=O)N/N=C/c1ccccc1[N+](=O)[O-]. The van der Waals surface area contributed by atoms with Gasteiger partial charge in [0, 0.05) is 6.07 Å². The monoisotopic (exact) mass is 318 g/mol. The third-order valence-electron chi connectivity index (χ3n) is 2.64. The fourth-order valence-corrected chi connectivity index (χ4v) is 1.62. The van der Waals surface area contributed by atoms with Gasteiger partial charge in [-0.3, -0.25) is 24.7 Å². The minimum absolute atomic E-state index is 0.163. The molecular formula is C12H10N6O5. The minimum atomic E-state index is -0.786. The van der Waals surface area contributed by atoms with Gasteiger partial charge in [-0.1, -0.05) is 12.1 Å². The number of aromatic nitrogens is 3. The van der Waals surface area contributed by atoms with Gasteiger partial charge in [-0.2, -0.15) is 10.2 Å². The molecule has 0 bridgehead atoms. The third kappa shape index (κ3) is 4.17. The number of rotatable bonds is 5. The molecule has 0 aliphatic carbocycles. The number of hydrazone groups is 1. The van der Waals surface area contributed by atoms with Crippen molar-refractivity contribution in [3.8, 4) is 0 Å². The smallest absolute Gasteiger partial charge is 0.273 e. The molecule has 2 aromatic rings. The van der Waals surface area contributed by atoms with Gasteiger partial charge < -0.3 is 0 Å². The maximum absolute atomic E-state index is 11.6. The Morgan fingerprint density at radius 3 is 2.83 bits per heavy atom. The molecule has 0 radical (unpaired) electrons. The van der Waals surface area contributed by atoms with Crippen molar-refractivity contribution in [1.82, 2.24) is 20.6 Å². The van der Waals surface area contributed by atoms with Gasteiger partial charge in [0.1, 0.15) is 5.69 Å². The van der Waals surface area contributed by atoms with Gasteiger partial charge in [-0.25, -0.2) is 15.3 Å².